The fraction of sp³-hybridized carbons (Fsp3) is 0.765. The third kappa shape index (κ3) is 3.54. The fourth-order valence-electron chi connectivity index (χ4n) is 3.86. The van der Waals surface area contributed by atoms with E-state index in [-0.39, 0.29) is 0 Å². The fourth-order valence-corrected chi connectivity index (χ4v) is 3.86. The SMILES string of the molecule is CCCNCc1cncc(N2CCC3(CCCC3)CC2)n1. The van der Waals surface area contributed by atoms with E-state index in [2.05, 4.69) is 22.1 Å². The molecule has 1 aromatic rings. The summed E-state index contributed by atoms with van der Waals surface area (Å²) < 4.78 is 0. The average molecular weight is 288 g/mol. The zero-order valence-corrected chi connectivity index (χ0v) is 13.3. The summed E-state index contributed by atoms with van der Waals surface area (Å²) in [6, 6.07) is 0. The predicted molar refractivity (Wildman–Crippen MR) is 86.4 cm³/mol. The lowest BCUT2D eigenvalue weighted by molar-refractivity contribution is 0.226. The molecule has 1 spiro atoms. The van der Waals surface area contributed by atoms with Crippen LogP contribution < -0.4 is 10.2 Å². The largest absolute Gasteiger partial charge is 0.355 e. The first-order valence-electron chi connectivity index (χ1n) is 8.58. The molecule has 2 aliphatic rings. The summed E-state index contributed by atoms with van der Waals surface area (Å²) in [5, 5.41) is 3.40. The van der Waals surface area contributed by atoms with Crippen molar-refractivity contribution in [1.82, 2.24) is 15.3 Å². The zero-order valence-electron chi connectivity index (χ0n) is 13.3. The standard InChI is InChI=1S/C17H28N4/c1-2-9-18-12-15-13-19-14-16(20-15)21-10-7-17(8-11-21)5-3-4-6-17/h13-14,18H,2-12H2,1H3. The summed E-state index contributed by atoms with van der Waals surface area (Å²) in [5.41, 5.74) is 1.73. The van der Waals surface area contributed by atoms with Crippen LogP contribution in [0.4, 0.5) is 5.82 Å². The third-order valence-corrected chi connectivity index (χ3v) is 5.22. The van der Waals surface area contributed by atoms with Gasteiger partial charge < -0.3 is 10.2 Å². The number of rotatable bonds is 5. The Morgan fingerprint density at radius 1 is 1.14 bits per heavy atom. The minimum atomic E-state index is 0.671. The van der Waals surface area contributed by atoms with Crippen molar-refractivity contribution in [3.63, 3.8) is 0 Å². The zero-order chi connectivity index (χ0) is 14.5. The summed E-state index contributed by atoms with van der Waals surface area (Å²) >= 11 is 0. The highest BCUT2D eigenvalue weighted by molar-refractivity contribution is 5.37. The van der Waals surface area contributed by atoms with Crippen molar-refractivity contribution >= 4 is 5.82 Å². The molecule has 4 heteroatoms. The Labute approximate surface area is 128 Å². The van der Waals surface area contributed by atoms with Crippen molar-refractivity contribution in [1.29, 1.82) is 0 Å². The van der Waals surface area contributed by atoms with Gasteiger partial charge in [-0.1, -0.05) is 19.8 Å². The quantitative estimate of drug-likeness (QED) is 0.845. The number of nitrogens with zero attached hydrogens (tertiary/aromatic N) is 3. The summed E-state index contributed by atoms with van der Waals surface area (Å²) in [6.45, 7) is 6.35. The molecule has 0 amide bonds. The molecule has 1 aromatic heterocycles. The van der Waals surface area contributed by atoms with Crippen LogP contribution in [0.25, 0.3) is 0 Å². The van der Waals surface area contributed by atoms with E-state index in [4.69, 9.17) is 4.98 Å². The first-order chi connectivity index (χ1) is 10.3. The second-order valence-electron chi connectivity index (χ2n) is 6.74. The van der Waals surface area contributed by atoms with Crippen LogP contribution in [0.5, 0.6) is 0 Å². The molecule has 3 rings (SSSR count). The van der Waals surface area contributed by atoms with E-state index < -0.39 is 0 Å². The van der Waals surface area contributed by atoms with Crippen molar-refractivity contribution in [3.05, 3.63) is 18.1 Å². The van der Waals surface area contributed by atoms with Gasteiger partial charge >= 0.3 is 0 Å². The summed E-state index contributed by atoms with van der Waals surface area (Å²) in [5.74, 6) is 1.07. The average Bonchev–Trinajstić information content (AvgIpc) is 2.97. The molecule has 1 saturated carbocycles. The topological polar surface area (TPSA) is 41.1 Å². The number of piperidine rings is 1. The Kier molecular flexibility index (Phi) is 4.73. The monoisotopic (exact) mass is 288 g/mol. The van der Waals surface area contributed by atoms with Gasteiger partial charge in [0.25, 0.3) is 0 Å². The summed E-state index contributed by atoms with van der Waals surface area (Å²) in [7, 11) is 0. The highest BCUT2D eigenvalue weighted by Gasteiger charge is 2.37. The van der Waals surface area contributed by atoms with Crippen LogP contribution in [0.2, 0.25) is 0 Å². The highest BCUT2D eigenvalue weighted by atomic mass is 15.2. The first-order valence-corrected chi connectivity index (χ1v) is 8.58. The van der Waals surface area contributed by atoms with Gasteiger partial charge in [-0.2, -0.15) is 0 Å². The molecule has 0 aromatic carbocycles. The molecule has 0 unspecified atom stereocenters. The third-order valence-electron chi connectivity index (χ3n) is 5.22. The number of anilines is 1. The molecule has 21 heavy (non-hydrogen) atoms. The van der Waals surface area contributed by atoms with Crippen molar-refractivity contribution in [3.8, 4) is 0 Å². The van der Waals surface area contributed by atoms with E-state index in [0.29, 0.717) is 5.41 Å². The van der Waals surface area contributed by atoms with Crippen molar-refractivity contribution in [2.45, 2.75) is 58.4 Å². The molecule has 116 valence electrons. The maximum absolute atomic E-state index is 4.78. The molecule has 1 aliphatic carbocycles. The lowest BCUT2D eigenvalue weighted by Crippen LogP contribution is -2.39. The van der Waals surface area contributed by atoms with Crippen molar-refractivity contribution in [2.75, 3.05) is 24.5 Å². The Morgan fingerprint density at radius 2 is 1.90 bits per heavy atom. The second-order valence-corrected chi connectivity index (χ2v) is 6.74. The predicted octanol–water partition coefficient (Wildman–Crippen LogP) is 3.14. The minimum Gasteiger partial charge on any atom is -0.355 e. The second kappa shape index (κ2) is 6.73. The van der Waals surface area contributed by atoms with E-state index in [0.717, 1.165) is 44.1 Å². The van der Waals surface area contributed by atoms with Gasteiger partial charge in [0, 0.05) is 25.8 Å². The van der Waals surface area contributed by atoms with E-state index in [1.807, 2.05) is 12.4 Å². The molecule has 1 saturated heterocycles. The maximum atomic E-state index is 4.78. The van der Waals surface area contributed by atoms with Gasteiger partial charge in [0.1, 0.15) is 5.82 Å². The lowest BCUT2D eigenvalue weighted by Gasteiger charge is -2.39. The molecule has 1 aliphatic heterocycles. The van der Waals surface area contributed by atoms with Gasteiger partial charge in [-0.15, -0.1) is 0 Å². The van der Waals surface area contributed by atoms with Crippen molar-refractivity contribution in [2.24, 2.45) is 5.41 Å². The molecule has 0 bridgehead atoms. The van der Waals surface area contributed by atoms with Crippen molar-refractivity contribution < 1.29 is 0 Å². The maximum Gasteiger partial charge on any atom is 0.147 e. The van der Waals surface area contributed by atoms with Gasteiger partial charge in [0.2, 0.25) is 0 Å². The Balaban J connectivity index is 1.58. The van der Waals surface area contributed by atoms with Gasteiger partial charge in [-0.25, -0.2) is 4.98 Å². The normalized spacial score (nSPS) is 21.1. The molecular weight excluding hydrogens is 260 g/mol. The van der Waals surface area contributed by atoms with Gasteiger partial charge in [-0.05, 0) is 44.1 Å². The smallest absolute Gasteiger partial charge is 0.147 e. The number of nitrogens with one attached hydrogen (secondary N) is 1. The van der Waals surface area contributed by atoms with Crippen LogP contribution in [0.15, 0.2) is 12.4 Å². The molecule has 0 radical (unpaired) electrons. The lowest BCUT2D eigenvalue weighted by atomic mass is 9.77. The van der Waals surface area contributed by atoms with E-state index in [1.54, 1.807) is 0 Å². The molecule has 2 fully saturated rings. The van der Waals surface area contributed by atoms with Crippen LogP contribution in [-0.2, 0) is 6.54 Å². The number of aromatic nitrogens is 2. The number of hydrogen-bond donors (Lipinski definition) is 1. The summed E-state index contributed by atoms with van der Waals surface area (Å²) in [6.07, 6.45) is 13.4. The Bertz CT molecular complexity index is 444. The Hall–Kier alpha value is -1.16. The van der Waals surface area contributed by atoms with Crippen LogP contribution in [0.1, 0.15) is 57.6 Å². The first kappa shape index (κ1) is 14.8. The molecule has 1 N–H and O–H groups in total. The van der Waals surface area contributed by atoms with Crippen LogP contribution in [0.3, 0.4) is 0 Å². The van der Waals surface area contributed by atoms with E-state index in [9.17, 15) is 0 Å². The molecule has 0 atom stereocenters. The van der Waals surface area contributed by atoms with Gasteiger partial charge in [0.05, 0.1) is 11.9 Å². The molecular formula is C17H28N4. The minimum absolute atomic E-state index is 0.671. The molecule has 2 heterocycles. The van der Waals surface area contributed by atoms with Crippen LogP contribution in [-0.4, -0.2) is 29.6 Å². The van der Waals surface area contributed by atoms with Crippen LogP contribution in [0, 0.1) is 5.41 Å². The van der Waals surface area contributed by atoms with E-state index in [1.165, 1.54) is 38.5 Å². The van der Waals surface area contributed by atoms with Gasteiger partial charge in [0.15, 0.2) is 0 Å². The molecule has 4 nitrogen and oxygen atoms in total. The Morgan fingerprint density at radius 3 is 2.62 bits per heavy atom. The highest BCUT2D eigenvalue weighted by Crippen LogP contribution is 2.46. The summed E-state index contributed by atoms with van der Waals surface area (Å²) in [4.78, 5) is 11.6. The number of hydrogen-bond acceptors (Lipinski definition) is 4. The van der Waals surface area contributed by atoms with Gasteiger partial charge in [-0.3, -0.25) is 4.98 Å². The van der Waals surface area contributed by atoms with Crippen LogP contribution >= 0.6 is 0 Å². The van der Waals surface area contributed by atoms with E-state index >= 15 is 0 Å².